The molecule has 0 aromatic rings. The third-order valence-electron chi connectivity index (χ3n) is 0.994. The van der Waals surface area contributed by atoms with E-state index in [2.05, 4.69) is 13.8 Å². The van der Waals surface area contributed by atoms with E-state index in [0.717, 1.165) is 19.3 Å². The van der Waals surface area contributed by atoms with Crippen LogP contribution in [0.3, 0.4) is 0 Å². The van der Waals surface area contributed by atoms with Crippen LogP contribution in [0.15, 0.2) is 0 Å². The van der Waals surface area contributed by atoms with Crippen molar-refractivity contribution in [3.63, 3.8) is 0 Å². The Balaban J connectivity index is -0.000000196. The Morgan fingerprint density at radius 2 is 1.82 bits per heavy atom. The number of rotatable bonds is 4. The maximum absolute atomic E-state index is 9.87. The van der Waals surface area contributed by atoms with Gasteiger partial charge in [-0.05, 0) is 6.42 Å². The molecule has 0 unspecified atom stereocenters. The molecule has 0 aromatic carbocycles. The van der Waals surface area contributed by atoms with Gasteiger partial charge in [-0.3, -0.25) is 4.79 Å². The van der Waals surface area contributed by atoms with E-state index in [1.165, 1.54) is 0 Å². The zero-order chi connectivity index (χ0) is 8.41. The molecule has 2 nitrogen and oxygen atoms in total. The smallest absolute Gasteiger partial charge is 0.303 e. The van der Waals surface area contributed by atoms with E-state index in [4.69, 9.17) is 5.11 Å². The second-order valence-electron chi connectivity index (χ2n) is 1.85. The maximum atomic E-state index is 9.87. The fourth-order valence-electron chi connectivity index (χ4n) is 0.526. The van der Waals surface area contributed by atoms with Gasteiger partial charge in [0.15, 0.2) is 0 Å². The van der Waals surface area contributed by atoms with Crippen LogP contribution in [0.25, 0.3) is 0 Å². The summed E-state index contributed by atoms with van der Waals surface area (Å²) < 4.78 is 0. The SMILES string of the molecule is CCCCCC(=O)O.[CH2-]C.[Zr]. The van der Waals surface area contributed by atoms with E-state index in [-0.39, 0.29) is 26.2 Å². The number of unbranched alkanes of at least 4 members (excludes halogenated alkanes) is 2. The minimum absolute atomic E-state index is 0. The molecule has 1 N–H and O–H groups in total. The summed E-state index contributed by atoms with van der Waals surface area (Å²) in [6.07, 6.45) is 3.28. The van der Waals surface area contributed by atoms with Crippen molar-refractivity contribution < 1.29 is 36.1 Å². The first-order valence-corrected chi connectivity index (χ1v) is 3.70. The summed E-state index contributed by atoms with van der Waals surface area (Å²) in [6.45, 7) is 7.06. The van der Waals surface area contributed by atoms with Gasteiger partial charge in [-0.25, -0.2) is 0 Å². The van der Waals surface area contributed by atoms with E-state index in [1.807, 2.05) is 0 Å². The van der Waals surface area contributed by atoms with Crippen molar-refractivity contribution >= 4 is 5.97 Å². The Hall–Kier alpha value is 0.353. The van der Waals surface area contributed by atoms with E-state index in [9.17, 15) is 4.79 Å². The normalized spacial score (nSPS) is 7.18. The number of carboxylic acid groups (broad SMARTS) is 1. The largest absolute Gasteiger partial charge is 0.481 e. The monoisotopic (exact) mass is 235 g/mol. The molecule has 0 saturated heterocycles. The van der Waals surface area contributed by atoms with Gasteiger partial charge in [-0.2, -0.15) is 6.92 Å². The van der Waals surface area contributed by atoms with E-state index >= 15 is 0 Å². The van der Waals surface area contributed by atoms with Crippen molar-refractivity contribution in [2.75, 3.05) is 0 Å². The van der Waals surface area contributed by atoms with Crippen molar-refractivity contribution in [2.45, 2.75) is 39.5 Å². The summed E-state index contributed by atoms with van der Waals surface area (Å²) in [6, 6.07) is 0. The minimum atomic E-state index is -0.682. The molecular formula is C8H17O2Zr-. The second-order valence-corrected chi connectivity index (χ2v) is 1.85. The number of hydrogen-bond acceptors (Lipinski definition) is 1. The molecule has 0 spiro atoms. The third kappa shape index (κ3) is 25.2. The molecule has 0 aromatic heterocycles. The van der Waals surface area contributed by atoms with Crippen LogP contribution >= 0.6 is 0 Å². The van der Waals surface area contributed by atoms with Crippen LogP contribution in [0, 0.1) is 6.92 Å². The summed E-state index contributed by atoms with van der Waals surface area (Å²) in [5.41, 5.74) is 0. The average Bonchev–Trinajstić information content (AvgIpc) is 1.92. The Kier molecular flexibility index (Phi) is 26.6. The molecule has 0 saturated carbocycles. The Morgan fingerprint density at radius 1 is 1.36 bits per heavy atom. The molecule has 0 aliphatic heterocycles. The molecule has 0 rings (SSSR count). The van der Waals surface area contributed by atoms with Gasteiger partial charge in [0.25, 0.3) is 0 Å². The predicted molar refractivity (Wildman–Crippen MR) is 42.8 cm³/mol. The van der Waals surface area contributed by atoms with Gasteiger partial charge < -0.3 is 12.0 Å². The standard InChI is InChI=1S/C6H12O2.C2H5.Zr/c1-2-3-4-5-6(7)8;1-2;/h2-5H2,1H3,(H,7,8);1H2,2H3;/q;-1;. The van der Waals surface area contributed by atoms with Gasteiger partial charge in [0.2, 0.25) is 0 Å². The summed E-state index contributed by atoms with van der Waals surface area (Å²) in [7, 11) is 0. The number of hydrogen-bond donors (Lipinski definition) is 1. The number of carbonyl (C=O) groups is 1. The quantitative estimate of drug-likeness (QED) is 0.601. The molecule has 66 valence electrons. The zero-order valence-electron chi connectivity index (χ0n) is 7.39. The average molecular weight is 236 g/mol. The molecule has 0 fully saturated rings. The van der Waals surface area contributed by atoms with Gasteiger partial charge in [-0.15, -0.1) is 0 Å². The predicted octanol–water partition coefficient (Wildman–Crippen LogP) is 2.49. The molecule has 0 aliphatic carbocycles. The summed E-state index contributed by atoms with van der Waals surface area (Å²) >= 11 is 0. The molecule has 0 aliphatic rings. The fourth-order valence-corrected chi connectivity index (χ4v) is 0.526. The molecule has 0 heterocycles. The molecule has 3 heteroatoms. The van der Waals surface area contributed by atoms with Gasteiger partial charge >= 0.3 is 5.97 Å². The third-order valence-corrected chi connectivity index (χ3v) is 0.994. The summed E-state index contributed by atoms with van der Waals surface area (Å²) in [4.78, 5) is 9.87. The van der Waals surface area contributed by atoms with E-state index in [0.29, 0.717) is 6.42 Å². The number of aliphatic carboxylic acids is 1. The Bertz CT molecular complexity index is 74.5. The van der Waals surface area contributed by atoms with Gasteiger partial charge in [0, 0.05) is 32.6 Å². The fraction of sp³-hybridized carbons (Fsp3) is 0.750. The molecule has 0 amide bonds. The molecular weight excluding hydrogens is 219 g/mol. The van der Waals surface area contributed by atoms with Crippen LogP contribution < -0.4 is 0 Å². The second kappa shape index (κ2) is 16.8. The number of carboxylic acids is 1. The van der Waals surface area contributed by atoms with Crippen molar-refractivity contribution in [1.29, 1.82) is 0 Å². The maximum Gasteiger partial charge on any atom is 0.303 e. The van der Waals surface area contributed by atoms with Crippen LogP contribution in [0.5, 0.6) is 0 Å². The van der Waals surface area contributed by atoms with Crippen LogP contribution in [-0.2, 0) is 31.0 Å². The van der Waals surface area contributed by atoms with Gasteiger partial charge in [-0.1, -0.05) is 19.8 Å². The first-order valence-electron chi connectivity index (χ1n) is 3.70. The Labute approximate surface area is 88.5 Å². The molecule has 0 radical (unpaired) electrons. The van der Waals surface area contributed by atoms with E-state index in [1.54, 1.807) is 6.92 Å². The van der Waals surface area contributed by atoms with Crippen molar-refractivity contribution in [3.8, 4) is 0 Å². The Morgan fingerprint density at radius 3 is 2.09 bits per heavy atom. The topological polar surface area (TPSA) is 37.3 Å². The van der Waals surface area contributed by atoms with Crippen LogP contribution in [0.4, 0.5) is 0 Å². The first kappa shape index (κ1) is 17.4. The van der Waals surface area contributed by atoms with Gasteiger partial charge in [0.1, 0.15) is 0 Å². The summed E-state index contributed by atoms with van der Waals surface area (Å²) in [5.74, 6) is -0.682. The van der Waals surface area contributed by atoms with Crippen molar-refractivity contribution in [1.82, 2.24) is 0 Å². The van der Waals surface area contributed by atoms with Gasteiger partial charge in [0.05, 0.1) is 0 Å². The van der Waals surface area contributed by atoms with Crippen LogP contribution in [0.2, 0.25) is 0 Å². The minimum Gasteiger partial charge on any atom is -0.481 e. The van der Waals surface area contributed by atoms with Crippen LogP contribution in [0.1, 0.15) is 39.5 Å². The first-order chi connectivity index (χ1) is 4.77. The molecule has 11 heavy (non-hydrogen) atoms. The van der Waals surface area contributed by atoms with Crippen molar-refractivity contribution in [2.24, 2.45) is 0 Å². The zero-order valence-corrected chi connectivity index (χ0v) is 9.85. The van der Waals surface area contributed by atoms with Crippen LogP contribution in [-0.4, -0.2) is 11.1 Å². The molecule has 0 atom stereocenters. The van der Waals surface area contributed by atoms with E-state index < -0.39 is 5.97 Å². The van der Waals surface area contributed by atoms with Crippen molar-refractivity contribution in [3.05, 3.63) is 6.92 Å². The molecule has 0 bridgehead atoms. The summed E-state index contributed by atoms with van der Waals surface area (Å²) in [5, 5.41) is 8.14.